The van der Waals surface area contributed by atoms with Crippen LogP contribution in [0.25, 0.3) is 0 Å². The Morgan fingerprint density at radius 1 is 1.22 bits per heavy atom. The third-order valence-electron chi connectivity index (χ3n) is 7.46. The summed E-state index contributed by atoms with van der Waals surface area (Å²) in [5.74, 6) is -0.190. The van der Waals surface area contributed by atoms with E-state index in [0.717, 1.165) is 48.6 Å². The van der Waals surface area contributed by atoms with E-state index in [-0.39, 0.29) is 18.1 Å². The van der Waals surface area contributed by atoms with Gasteiger partial charge in [0.2, 0.25) is 0 Å². The Bertz CT molecular complexity index is 1050. The highest BCUT2D eigenvalue weighted by Crippen LogP contribution is 2.42. The first-order chi connectivity index (χ1) is 15.3. The molecule has 3 N–H and O–H groups in total. The van der Waals surface area contributed by atoms with Gasteiger partial charge in [-0.2, -0.15) is 0 Å². The predicted octanol–water partition coefficient (Wildman–Crippen LogP) is 3.02. The Hall–Kier alpha value is -3.06. The van der Waals surface area contributed by atoms with Crippen LogP contribution in [-0.2, 0) is 17.6 Å². The zero-order chi connectivity index (χ0) is 22.6. The van der Waals surface area contributed by atoms with Crippen molar-refractivity contribution in [2.45, 2.75) is 44.8 Å². The van der Waals surface area contributed by atoms with Gasteiger partial charge in [0.25, 0.3) is 5.91 Å². The summed E-state index contributed by atoms with van der Waals surface area (Å²) in [6.07, 6.45) is 6.50. The number of nitrogens with one attached hydrogen (secondary N) is 3. The third-order valence-corrected chi connectivity index (χ3v) is 7.46. The summed E-state index contributed by atoms with van der Waals surface area (Å²) < 4.78 is 0. The number of rotatable bonds is 4. The van der Waals surface area contributed by atoms with Gasteiger partial charge in [-0.05, 0) is 49.1 Å². The largest absolute Gasteiger partial charge is 0.363 e. The Labute approximate surface area is 189 Å². The van der Waals surface area contributed by atoms with Crippen LogP contribution in [0.3, 0.4) is 0 Å². The average Bonchev–Trinajstić information content (AvgIpc) is 3.38. The SMILES string of the molecule is C=C/C(C)=C\C1=C(C)CCN(CC2Nc3cc4c(cc3N2)CC2(C4)C(=O)NC(=O)N2C)C1. The van der Waals surface area contributed by atoms with Gasteiger partial charge in [0.15, 0.2) is 0 Å². The Morgan fingerprint density at radius 2 is 1.88 bits per heavy atom. The maximum absolute atomic E-state index is 12.5. The van der Waals surface area contributed by atoms with E-state index in [2.05, 4.69) is 59.5 Å². The number of allylic oxidation sites excluding steroid dienone is 2. The quantitative estimate of drug-likeness (QED) is 0.503. The van der Waals surface area contributed by atoms with E-state index < -0.39 is 5.54 Å². The van der Waals surface area contributed by atoms with Crippen molar-refractivity contribution in [1.82, 2.24) is 15.1 Å². The monoisotopic (exact) mass is 433 g/mol. The van der Waals surface area contributed by atoms with Crippen LogP contribution in [0.15, 0.2) is 47.6 Å². The molecule has 0 aromatic heterocycles. The Kier molecular flexibility index (Phi) is 4.89. The number of hydrogen-bond donors (Lipinski definition) is 3. The van der Waals surface area contributed by atoms with E-state index in [9.17, 15) is 9.59 Å². The maximum atomic E-state index is 12.5. The summed E-state index contributed by atoms with van der Waals surface area (Å²) in [7, 11) is 1.71. The summed E-state index contributed by atoms with van der Waals surface area (Å²) >= 11 is 0. The van der Waals surface area contributed by atoms with Crippen molar-refractivity contribution in [2.75, 3.05) is 37.3 Å². The summed E-state index contributed by atoms with van der Waals surface area (Å²) in [5.41, 5.74) is 7.69. The Morgan fingerprint density at radius 3 is 2.44 bits per heavy atom. The highest BCUT2D eigenvalue weighted by molar-refractivity contribution is 6.07. The molecule has 1 saturated heterocycles. The summed E-state index contributed by atoms with van der Waals surface area (Å²) in [4.78, 5) is 28.6. The number of nitrogens with zero attached hydrogens (tertiary/aromatic N) is 2. The standard InChI is InChI=1S/C25H31N5O2/c1-5-15(2)8-19-13-30(7-6-16(19)3)14-22-26-20-9-17-11-25(12-18(17)10-21(20)27-22)23(31)28-24(32)29(25)4/h5,8-10,22,26-27H,1,6-7,11-14H2,2-4H3,(H,28,31,32)/b15-8-. The number of carbonyl (C=O) groups excluding carboxylic acids is 2. The van der Waals surface area contributed by atoms with Crippen LogP contribution in [-0.4, -0.2) is 60.1 Å². The molecule has 3 heterocycles. The normalized spacial score (nSPS) is 22.7. The molecule has 7 heteroatoms. The number of urea groups is 1. The fraction of sp³-hybridized carbons (Fsp3) is 0.440. The van der Waals surface area contributed by atoms with Crippen molar-refractivity contribution in [2.24, 2.45) is 0 Å². The second-order valence-electron chi connectivity index (χ2n) is 9.59. The number of carbonyl (C=O) groups is 2. The van der Waals surface area contributed by atoms with Gasteiger partial charge in [-0.25, -0.2) is 4.79 Å². The molecular weight excluding hydrogens is 402 g/mol. The molecule has 7 nitrogen and oxygen atoms in total. The van der Waals surface area contributed by atoms with Gasteiger partial charge < -0.3 is 15.5 Å². The number of hydrogen-bond acceptors (Lipinski definition) is 5. The minimum absolute atomic E-state index is 0.143. The van der Waals surface area contributed by atoms with E-state index in [4.69, 9.17) is 0 Å². The average molecular weight is 434 g/mol. The van der Waals surface area contributed by atoms with Crippen LogP contribution in [0.5, 0.6) is 0 Å². The second kappa shape index (κ2) is 7.52. The van der Waals surface area contributed by atoms with E-state index in [1.165, 1.54) is 16.7 Å². The van der Waals surface area contributed by atoms with Crippen molar-refractivity contribution in [3.05, 3.63) is 58.7 Å². The molecule has 1 aromatic carbocycles. The van der Waals surface area contributed by atoms with Gasteiger partial charge in [0.1, 0.15) is 11.7 Å². The highest BCUT2D eigenvalue weighted by Gasteiger charge is 2.54. The van der Waals surface area contributed by atoms with Crippen LogP contribution >= 0.6 is 0 Å². The van der Waals surface area contributed by atoms with Crippen LogP contribution in [0.4, 0.5) is 16.2 Å². The van der Waals surface area contributed by atoms with Gasteiger partial charge in [0, 0.05) is 39.5 Å². The van der Waals surface area contributed by atoms with Crippen LogP contribution in [0, 0.1) is 0 Å². The lowest BCUT2D eigenvalue weighted by molar-refractivity contribution is -0.125. The van der Waals surface area contributed by atoms with Gasteiger partial charge >= 0.3 is 6.03 Å². The first-order valence-electron chi connectivity index (χ1n) is 11.3. The molecule has 1 fully saturated rings. The number of fused-ring (bicyclic) bond motifs is 2. The lowest BCUT2D eigenvalue weighted by Crippen LogP contribution is -2.48. The fourth-order valence-electron chi connectivity index (χ4n) is 5.35. The molecule has 1 spiro atoms. The summed E-state index contributed by atoms with van der Waals surface area (Å²) in [6.45, 7) is 11.1. The van der Waals surface area contributed by atoms with Crippen LogP contribution < -0.4 is 16.0 Å². The molecule has 0 saturated carbocycles. The maximum Gasteiger partial charge on any atom is 0.324 e. The predicted molar refractivity (Wildman–Crippen MR) is 127 cm³/mol. The molecule has 0 atom stereocenters. The molecule has 0 radical (unpaired) electrons. The first kappa shape index (κ1) is 20.8. The van der Waals surface area contributed by atoms with E-state index in [0.29, 0.717) is 12.8 Å². The van der Waals surface area contributed by atoms with Crippen LogP contribution in [0.2, 0.25) is 0 Å². The number of imide groups is 1. The van der Waals surface area contributed by atoms with Gasteiger partial charge in [-0.3, -0.25) is 15.0 Å². The summed E-state index contributed by atoms with van der Waals surface area (Å²) in [5, 5.41) is 9.70. The van der Waals surface area contributed by atoms with Crippen molar-refractivity contribution in [3.63, 3.8) is 0 Å². The smallest absolute Gasteiger partial charge is 0.324 e. The molecule has 32 heavy (non-hydrogen) atoms. The molecular formula is C25H31N5O2. The summed E-state index contributed by atoms with van der Waals surface area (Å²) in [6, 6.07) is 3.99. The zero-order valence-electron chi connectivity index (χ0n) is 19.0. The highest BCUT2D eigenvalue weighted by atomic mass is 16.2. The van der Waals surface area contributed by atoms with Gasteiger partial charge in [-0.15, -0.1) is 0 Å². The number of amides is 3. The van der Waals surface area contributed by atoms with E-state index >= 15 is 0 Å². The third kappa shape index (κ3) is 3.32. The molecule has 0 bridgehead atoms. The molecule has 3 aliphatic heterocycles. The fourth-order valence-corrected chi connectivity index (χ4v) is 5.35. The molecule has 3 amide bonds. The van der Waals surface area contributed by atoms with Crippen molar-refractivity contribution >= 4 is 23.3 Å². The van der Waals surface area contributed by atoms with Crippen LogP contribution in [0.1, 0.15) is 31.4 Å². The molecule has 4 aliphatic rings. The topological polar surface area (TPSA) is 76.7 Å². The van der Waals surface area contributed by atoms with Gasteiger partial charge in [-0.1, -0.05) is 29.9 Å². The first-order valence-corrected chi connectivity index (χ1v) is 11.3. The Balaban J connectivity index is 1.27. The molecule has 1 aromatic rings. The number of benzene rings is 1. The van der Waals surface area contributed by atoms with Crippen molar-refractivity contribution < 1.29 is 9.59 Å². The number of anilines is 2. The van der Waals surface area contributed by atoms with Crippen molar-refractivity contribution in [3.8, 4) is 0 Å². The molecule has 5 rings (SSSR count). The zero-order valence-corrected chi connectivity index (χ0v) is 19.0. The minimum atomic E-state index is -0.778. The second-order valence-corrected chi connectivity index (χ2v) is 9.59. The minimum Gasteiger partial charge on any atom is -0.363 e. The van der Waals surface area contributed by atoms with E-state index in [1.54, 1.807) is 11.9 Å². The van der Waals surface area contributed by atoms with Crippen molar-refractivity contribution in [1.29, 1.82) is 0 Å². The molecule has 168 valence electrons. The van der Waals surface area contributed by atoms with E-state index in [1.807, 2.05) is 6.08 Å². The molecule has 0 unspecified atom stereocenters. The number of likely N-dealkylation sites (N-methyl/N-ethyl adjacent to an activating group) is 1. The van der Waals surface area contributed by atoms with Gasteiger partial charge in [0.05, 0.1) is 11.4 Å². The lowest BCUT2D eigenvalue weighted by atomic mass is 9.95. The molecule has 1 aliphatic carbocycles. The lowest BCUT2D eigenvalue weighted by Gasteiger charge is -2.31.